The van der Waals surface area contributed by atoms with Gasteiger partial charge in [-0.05, 0) is 38.3 Å². The fraction of sp³-hybridized carbons (Fsp3) is 0.474. The zero-order valence-corrected chi connectivity index (χ0v) is 17.2. The lowest BCUT2D eigenvalue weighted by Gasteiger charge is -2.20. The Morgan fingerprint density at radius 1 is 1.23 bits per heavy atom. The molecule has 26 heavy (non-hydrogen) atoms. The Bertz CT molecular complexity index is 671. The highest BCUT2D eigenvalue weighted by molar-refractivity contribution is 8.15. The Morgan fingerprint density at radius 2 is 1.88 bits per heavy atom. The third-order valence-electron chi connectivity index (χ3n) is 3.80. The summed E-state index contributed by atoms with van der Waals surface area (Å²) in [6, 6.07) is 8.28. The van der Waals surface area contributed by atoms with Crippen LogP contribution < -0.4 is 4.90 Å². The van der Waals surface area contributed by atoms with Crippen LogP contribution >= 0.6 is 11.8 Å². The molecule has 1 fully saturated rings. The SMILES string of the molecule is C/C=N/N=C1\SCC(=O)N1c1ccccc1C(C)C.CC(C)N(C)C=O. The number of carbonyl (C=O) groups excluding carboxylic acids is 2. The van der Waals surface area contributed by atoms with E-state index in [4.69, 9.17) is 0 Å². The van der Waals surface area contributed by atoms with E-state index in [1.54, 1.807) is 30.0 Å². The molecule has 0 spiro atoms. The van der Waals surface area contributed by atoms with Crippen LogP contribution in [0.4, 0.5) is 5.69 Å². The maximum Gasteiger partial charge on any atom is 0.243 e. The van der Waals surface area contributed by atoms with Gasteiger partial charge >= 0.3 is 0 Å². The van der Waals surface area contributed by atoms with E-state index in [0.717, 1.165) is 17.7 Å². The number of anilines is 1. The minimum atomic E-state index is 0.0585. The fourth-order valence-electron chi connectivity index (χ4n) is 2.08. The molecule has 0 aromatic heterocycles. The summed E-state index contributed by atoms with van der Waals surface area (Å²) >= 11 is 1.43. The van der Waals surface area contributed by atoms with Crippen molar-refractivity contribution in [1.29, 1.82) is 0 Å². The molecule has 0 saturated carbocycles. The van der Waals surface area contributed by atoms with E-state index in [2.05, 4.69) is 30.1 Å². The van der Waals surface area contributed by atoms with Gasteiger partial charge in [0.1, 0.15) is 0 Å². The van der Waals surface area contributed by atoms with Crippen molar-refractivity contribution in [1.82, 2.24) is 4.90 Å². The maximum absolute atomic E-state index is 12.1. The number of amidine groups is 1. The lowest BCUT2D eigenvalue weighted by Crippen LogP contribution is -2.30. The van der Waals surface area contributed by atoms with Crippen molar-refractivity contribution in [3.05, 3.63) is 29.8 Å². The second kappa shape index (κ2) is 10.8. The summed E-state index contributed by atoms with van der Waals surface area (Å²) in [4.78, 5) is 25.3. The van der Waals surface area contributed by atoms with Gasteiger partial charge in [-0.15, -0.1) is 5.10 Å². The number of carbonyl (C=O) groups is 2. The standard InChI is InChI=1S/C14H17N3OS.C5H11NO/c1-4-15-16-14-17(13(18)9-19-14)12-8-6-5-7-11(12)10(2)3;1-5(2)6(3)4-7/h4-8,10H,9H2,1-3H3;4-5H,1-3H3/b15-4+,16-14-;. The number of hydrogen-bond acceptors (Lipinski definition) is 5. The topological polar surface area (TPSA) is 65.3 Å². The highest BCUT2D eigenvalue weighted by Crippen LogP contribution is 2.33. The normalized spacial score (nSPS) is 15.8. The Hall–Kier alpha value is -2.15. The van der Waals surface area contributed by atoms with Gasteiger partial charge in [-0.3, -0.25) is 14.5 Å². The second-order valence-electron chi connectivity index (χ2n) is 6.35. The minimum Gasteiger partial charge on any atom is -0.346 e. The van der Waals surface area contributed by atoms with Crippen molar-refractivity contribution in [2.75, 3.05) is 17.7 Å². The Balaban J connectivity index is 0.000000412. The van der Waals surface area contributed by atoms with E-state index < -0.39 is 0 Å². The highest BCUT2D eigenvalue weighted by Gasteiger charge is 2.31. The van der Waals surface area contributed by atoms with Crippen molar-refractivity contribution in [2.24, 2.45) is 10.2 Å². The van der Waals surface area contributed by atoms with Crippen molar-refractivity contribution in [2.45, 2.75) is 46.6 Å². The molecule has 1 aliphatic heterocycles. The van der Waals surface area contributed by atoms with Crippen molar-refractivity contribution in [3.63, 3.8) is 0 Å². The van der Waals surface area contributed by atoms with Gasteiger partial charge in [-0.2, -0.15) is 5.10 Å². The second-order valence-corrected chi connectivity index (χ2v) is 7.29. The van der Waals surface area contributed by atoms with Gasteiger partial charge in [0, 0.05) is 19.3 Å². The van der Waals surface area contributed by atoms with E-state index in [0.29, 0.717) is 22.9 Å². The molecule has 0 N–H and O–H groups in total. The molecule has 0 radical (unpaired) electrons. The number of para-hydroxylation sites is 1. The average Bonchev–Trinajstić information content (AvgIpc) is 2.99. The molecule has 1 aromatic carbocycles. The molecule has 2 rings (SSSR count). The summed E-state index contributed by atoms with van der Waals surface area (Å²) in [5, 5.41) is 8.64. The van der Waals surface area contributed by atoms with Crippen LogP contribution in [0.5, 0.6) is 0 Å². The molecular weight excluding hydrogens is 348 g/mol. The Morgan fingerprint density at radius 3 is 2.38 bits per heavy atom. The molecule has 1 aromatic rings. The number of nitrogens with zero attached hydrogens (tertiary/aromatic N) is 4. The first-order chi connectivity index (χ1) is 12.3. The van der Waals surface area contributed by atoms with Gasteiger partial charge in [0.25, 0.3) is 0 Å². The summed E-state index contributed by atoms with van der Waals surface area (Å²) in [6.45, 7) is 9.97. The van der Waals surface area contributed by atoms with Crippen LogP contribution in [0.2, 0.25) is 0 Å². The van der Waals surface area contributed by atoms with E-state index in [9.17, 15) is 9.59 Å². The quantitative estimate of drug-likeness (QED) is 0.447. The summed E-state index contributed by atoms with van der Waals surface area (Å²) in [7, 11) is 1.76. The first-order valence-corrected chi connectivity index (χ1v) is 9.59. The molecule has 0 unspecified atom stereocenters. The third-order valence-corrected chi connectivity index (χ3v) is 4.72. The first-order valence-electron chi connectivity index (χ1n) is 8.61. The predicted octanol–water partition coefficient (Wildman–Crippen LogP) is 3.73. The average molecular weight is 377 g/mol. The largest absolute Gasteiger partial charge is 0.346 e. The van der Waals surface area contributed by atoms with Crippen LogP contribution in [0.3, 0.4) is 0 Å². The van der Waals surface area contributed by atoms with Gasteiger partial charge in [0.2, 0.25) is 12.3 Å². The van der Waals surface area contributed by atoms with Crippen LogP contribution in [0.1, 0.15) is 46.1 Å². The Kier molecular flexibility index (Phi) is 9.05. The fourth-order valence-corrected chi connectivity index (χ4v) is 2.90. The predicted molar refractivity (Wildman–Crippen MR) is 111 cm³/mol. The van der Waals surface area contributed by atoms with Crippen LogP contribution in [-0.2, 0) is 9.59 Å². The van der Waals surface area contributed by atoms with Crippen molar-refractivity contribution >= 4 is 41.1 Å². The van der Waals surface area contributed by atoms with E-state index >= 15 is 0 Å². The van der Waals surface area contributed by atoms with Crippen LogP contribution in [0.15, 0.2) is 34.5 Å². The molecule has 0 atom stereocenters. The number of benzene rings is 1. The van der Waals surface area contributed by atoms with E-state index in [1.807, 2.05) is 32.0 Å². The van der Waals surface area contributed by atoms with Crippen LogP contribution in [0.25, 0.3) is 0 Å². The molecule has 142 valence electrons. The maximum atomic E-state index is 12.1. The summed E-state index contributed by atoms with van der Waals surface area (Å²) in [5.74, 6) is 0.832. The molecule has 6 nitrogen and oxygen atoms in total. The molecule has 0 aliphatic carbocycles. The molecule has 1 aliphatic rings. The molecule has 7 heteroatoms. The van der Waals surface area contributed by atoms with Crippen LogP contribution in [0, 0.1) is 0 Å². The first kappa shape index (κ1) is 21.9. The summed E-state index contributed by atoms with van der Waals surface area (Å²) < 4.78 is 0. The Labute approximate surface area is 160 Å². The molecule has 2 amide bonds. The third kappa shape index (κ3) is 5.98. The zero-order valence-electron chi connectivity index (χ0n) is 16.3. The van der Waals surface area contributed by atoms with Crippen LogP contribution in [-0.4, -0.2) is 47.4 Å². The van der Waals surface area contributed by atoms with E-state index in [-0.39, 0.29) is 5.91 Å². The van der Waals surface area contributed by atoms with Gasteiger partial charge in [-0.25, -0.2) is 0 Å². The minimum absolute atomic E-state index is 0.0585. The highest BCUT2D eigenvalue weighted by atomic mass is 32.2. The number of amides is 2. The zero-order chi connectivity index (χ0) is 19.7. The van der Waals surface area contributed by atoms with E-state index in [1.165, 1.54) is 11.8 Å². The number of thioether (sulfide) groups is 1. The van der Waals surface area contributed by atoms with Gasteiger partial charge in [0.05, 0.1) is 11.4 Å². The van der Waals surface area contributed by atoms with Crippen molar-refractivity contribution < 1.29 is 9.59 Å². The summed E-state index contributed by atoms with van der Waals surface area (Å²) in [6.07, 6.45) is 2.44. The molecule has 1 heterocycles. The van der Waals surface area contributed by atoms with Gasteiger partial charge in [0.15, 0.2) is 5.17 Å². The summed E-state index contributed by atoms with van der Waals surface area (Å²) in [5.41, 5.74) is 2.06. The number of hydrogen-bond donors (Lipinski definition) is 0. The monoisotopic (exact) mass is 376 g/mol. The van der Waals surface area contributed by atoms with Crippen molar-refractivity contribution in [3.8, 4) is 0 Å². The molecule has 1 saturated heterocycles. The van der Waals surface area contributed by atoms with Gasteiger partial charge in [-0.1, -0.05) is 43.8 Å². The van der Waals surface area contributed by atoms with Gasteiger partial charge < -0.3 is 4.90 Å². The smallest absolute Gasteiger partial charge is 0.243 e. The lowest BCUT2D eigenvalue weighted by atomic mass is 10.0. The number of rotatable bonds is 5. The molecule has 0 bridgehead atoms. The molecular formula is C19H28N4O2S. The lowest BCUT2D eigenvalue weighted by molar-refractivity contribution is -0.118.